The standard InChI is InChI=1S/C16H22NO4/c1-12-6-8-13(9-7-12)14(18)20-11-5-10-17-15(19)21-16(2,3)4/h6-9H,1,5,10-11H2,2-4H3,(H,17,19). The third kappa shape index (κ3) is 7.34. The van der Waals surface area contributed by atoms with Crippen LogP contribution in [0.4, 0.5) is 4.79 Å². The maximum atomic E-state index is 11.7. The second kappa shape index (κ2) is 7.67. The van der Waals surface area contributed by atoms with Gasteiger partial charge in [0.2, 0.25) is 0 Å². The van der Waals surface area contributed by atoms with Crippen molar-refractivity contribution in [1.29, 1.82) is 0 Å². The van der Waals surface area contributed by atoms with Crippen molar-refractivity contribution < 1.29 is 19.1 Å². The first-order valence-electron chi connectivity index (χ1n) is 6.84. The quantitative estimate of drug-likeness (QED) is 0.669. The molecule has 1 amide bonds. The van der Waals surface area contributed by atoms with Gasteiger partial charge in [0, 0.05) is 6.54 Å². The molecule has 115 valence electrons. The Morgan fingerprint density at radius 1 is 1.19 bits per heavy atom. The molecular weight excluding hydrogens is 270 g/mol. The van der Waals surface area contributed by atoms with Crippen LogP contribution in [0.5, 0.6) is 0 Å². The second-order valence-electron chi connectivity index (χ2n) is 5.62. The van der Waals surface area contributed by atoms with Gasteiger partial charge in [-0.15, -0.1) is 0 Å². The molecule has 0 unspecified atom stereocenters. The van der Waals surface area contributed by atoms with Crippen LogP contribution in [0.3, 0.4) is 0 Å². The Bertz CT molecular complexity index is 474. The normalized spacial score (nSPS) is 10.9. The minimum atomic E-state index is -0.517. The molecule has 5 heteroatoms. The molecule has 0 atom stereocenters. The van der Waals surface area contributed by atoms with Crippen LogP contribution >= 0.6 is 0 Å². The summed E-state index contributed by atoms with van der Waals surface area (Å²) in [5, 5.41) is 2.60. The van der Waals surface area contributed by atoms with Gasteiger partial charge in [-0.1, -0.05) is 12.1 Å². The number of nitrogens with one attached hydrogen (secondary N) is 1. The van der Waals surface area contributed by atoms with Crippen molar-refractivity contribution >= 4 is 12.1 Å². The number of alkyl carbamates (subject to hydrolysis) is 1. The van der Waals surface area contributed by atoms with Gasteiger partial charge in [0.05, 0.1) is 12.2 Å². The fourth-order valence-electron chi connectivity index (χ4n) is 1.47. The van der Waals surface area contributed by atoms with Gasteiger partial charge in [-0.3, -0.25) is 0 Å². The van der Waals surface area contributed by atoms with Crippen molar-refractivity contribution in [2.24, 2.45) is 0 Å². The van der Waals surface area contributed by atoms with Crippen molar-refractivity contribution in [3.63, 3.8) is 0 Å². The van der Waals surface area contributed by atoms with Crippen molar-refractivity contribution in [2.45, 2.75) is 32.8 Å². The van der Waals surface area contributed by atoms with Crippen LogP contribution < -0.4 is 5.32 Å². The van der Waals surface area contributed by atoms with E-state index in [0.29, 0.717) is 18.5 Å². The minimum Gasteiger partial charge on any atom is -0.462 e. The average Bonchev–Trinajstić information content (AvgIpc) is 2.36. The van der Waals surface area contributed by atoms with Gasteiger partial charge in [0.25, 0.3) is 0 Å². The van der Waals surface area contributed by atoms with Crippen LogP contribution in [0, 0.1) is 6.92 Å². The van der Waals surface area contributed by atoms with Gasteiger partial charge in [-0.05, 0) is 51.8 Å². The summed E-state index contributed by atoms with van der Waals surface area (Å²) < 4.78 is 10.2. The lowest BCUT2D eigenvalue weighted by molar-refractivity contribution is 0.0483. The molecule has 0 aliphatic rings. The summed E-state index contributed by atoms with van der Waals surface area (Å²) >= 11 is 0. The molecule has 5 nitrogen and oxygen atoms in total. The van der Waals surface area contributed by atoms with Crippen LogP contribution in [0.1, 0.15) is 43.1 Å². The van der Waals surface area contributed by atoms with Crippen LogP contribution in [0.15, 0.2) is 24.3 Å². The van der Waals surface area contributed by atoms with Crippen LogP contribution in [-0.4, -0.2) is 30.8 Å². The fourth-order valence-corrected chi connectivity index (χ4v) is 1.47. The van der Waals surface area contributed by atoms with E-state index < -0.39 is 11.7 Å². The fraction of sp³-hybridized carbons (Fsp3) is 0.438. The maximum absolute atomic E-state index is 11.7. The van der Waals surface area contributed by atoms with Crippen LogP contribution in [0.25, 0.3) is 0 Å². The van der Waals surface area contributed by atoms with E-state index in [-0.39, 0.29) is 12.6 Å². The molecule has 21 heavy (non-hydrogen) atoms. The van der Waals surface area contributed by atoms with E-state index in [0.717, 1.165) is 5.56 Å². The molecule has 1 radical (unpaired) electrons. The first-order chi connectivity index (χ1) is 9.78. The van der Waals surface area contributed by atoms with E-state index in [4.69, 9.17) is 9.47 Å². The Labute approximate surface area is 125 Å². The van der Waals surface area contributed by atoms with E-state index in [1.165, 1.54) is 0 Å². The maximum Gasteiger partial charge on any atom is 0.407 e. The number of esters is 1. The molecule has 1 N–H and O–H groups in total. The number of benzene rings is 1. The molecule has 1 rings (SSSR count). The summed E-state index contributed by atoms with van der Waals surface area (Å²) in [5.74, 6) is -0.382. The van der Waals surface area contributed by atoms with Gasteiger partial charge < -0.3 is 14.8 Å². The van der Waals surface area contributed by atoms with E-state index in [2.05, 4.69) is 12.2 Å². The third-order valence-electron chi connectivity index (χ3n) is 2.41. The van der Waals surface area contributed by atoms with E-state index in [1.807, 2.05) is 0 Å². The average molecular weight is 292 g/mol. The van der Waals surface area contributed by atoms with Gasteiger partial charge in [-0.2, -0.15) is 0 Å². The topological polar surface area (TPSA) is 64.6 Å². The number of rotatable bonds is 5. The molecule has 0 aromatic heterocycles. The zero-order valence-corrected chi connectivity index (χ0v) is 12.8. The predicted molar refractivity (Wildman–Crippen MR) is 80.0 cm³/mol. The first kappa shape index (κ1) is 17.0. The predicted octanol–water partition coefficient (Wildman–Crippen LogP) is 2.94. The zero-order chi connectivity index (χ0) is 15.9. The molecule has 0 aliphatic carbocycles. The molecule has 0 bridgehead atoms. The Morgan fingerprint density at radius 3 is 2.38 bits per heavy atom. The highest BCUT2D eigenvalue weighted by atomic mass is 16.6. The summed E-state index contributed by atoms with van der Waals surface area (Å²) in [6, 6.07) is 6.84. The summed E-state index contributed by atoms with van der Waals surface area (Å²) in [6.45, 7) is 9.76. The molecule has 1 aromatic rings. The second-order valence-corrected chi connectivity index (χ2v) is 5.62. The molecule has 0 heterocycles. The molecule has 0 spiro atoms. The molecule has 0 aliphatic heterocycles. The van der Waals surface area contributed by atoms with Crippen LogP contribution in [-0.2, 0) is 9.47 Å². The summed E-state index contributed by atoms with van der Waals surface area (Å²) in [7, 11) is 0. The Morgan fingerprint density at radius 2 is 1.81 bits per heavy atom. The van der Waals surface area contributed by atoms with Gasteiger partial charge >= 0.3 is 12.1 Å². The molecule has 0 saturated carbocycles. The monoisotopic (exact) mass is 292 g/mol. The molecule has 0 saturated heterocycles. The van der Waals surface area contributed by atoms with E-state index >= 15 is 0 Å². The highest BCUT2D eigenvalue weighted by molar-refractivity contribution is 5.89. The lowest BCUT2D eigenvalue weighted by Gasteiger charge is -2.19. The number of ether oxygens (including phenoxy) is 2. The van der Waals surface area contributed by atoms with Crippen LogP contribution in [0.2, 0.25) is 0 Å². The SMILES string of the molecule is [CH2]c1ccc(C(=O)OCCCNC(=O)OC(C)(C)C)cc1. The Balaban J connectivity index is 2.18. The Hall–Kier alpha value is -2.04. The summed E-state index contributed by atoms with van der Waals surface area (Å²) in [4.78, 5) is 23.0. The van der Waals surface area contributed by atoms with Gasteiger partial charge in [0.15, 0.2) is 0 Å². The summed E-state index contributed by atoms with van der Waals surface area (Å²) in [6.07, 6.45) is 0.0538. The first-order valence-corrected chi connectivity index (χ1v) is 6.84. The van der Waals surface area contributed by atoms with Crippen molar-refractivity contribution in [3.8, 4) is 0 Å². The van der Waals surface area contributed by atoms with Gasteiger partial charge in [0.1, 0.15) is 5.60 Å². The number of hydrogen-bond donors (Lipinski definition) is 1. The lowest BCUT2D eigenvalue weighted by atomic mass is 10.1. The van der Waals surface area contributed by atoms with E-state index in [9.17, 15) is 9.59 Å². The highest BCUT2D eigenvalue weighted by Gasteiger charge is 2.15. The Kier molecular flexibility index (Phi) is 6.21. The van der Waals surface area contributed by atoms with Crippen molar-refractivity contribution in [3.05, 3.63) is 42.3 Å². The zero-order valence-electron chi connectivity index (χ0n) is 12.8. The minimum absolute atomic E-state index is 0.237. The number of carbonyl (C=O) groups excluding carboxylic acids is 2. The lowest BCUT2D eigenvalue weighted by Crippen LogP contribution is -2.33. The molecular formula is C16H22NO4. The van der Waals surface area contributed by atoms with E-state index in [1.54, 1.807) is 45.0 Å². The number of amides is 1. The molecule has 1 aromatic carbocycles. The van der Waals surface area contributed by atoms with Crippen molar-refractivity contribution in [2.75, 3.05) is 13.2 Å². The number of hydrogen-bond acceptors (Lipinski definition) is 4. The van der Waals surface area contributed by atoms with Gasteiger partial charge in [-0.25, -0.2) is 9.59 Å². The van der Waals surface area contributed by atoms with Crippen molar-refractivity contribution in [1.82, 2.24) is 5.32 Å². The smallest absolute Gasteiger partial charge is 0.407 e. The third-order valence-corrected chi connectivity index (χ3v) is 2.41. The molecule has 0 fully saturated rings. The summed E-state index contributed by atoms with van der Waals surface area (Å²) in [5.41, 5.74) is 0.812. The highest BCUT2D eigenvalue weighted by Crippen LogP contribution is 2.06. The number of carbonyl (C=O) groups is 2. The largest absolute Gasteiger partial charge is 0.462 e.